The molecule has 3 nitrogen and oxygen atoms in total. The highest BCUT2D eigenvalue weighted by Gasteiger charge is 2.20. The van der Waals surface area contributed by atoms with Crippen LogP contribution in [0.4, 0.5) is 0 Å². The van der Waals surface area contributed by atoms with Crippen LogP contribution in [-0.2, 0) is 4.79 Å². The van der Waals surface area contributed by atoms with Crippen molar-refractivity contribution in [3.05, 3.63) is 11.6 Å². The molecule has 3 N–H and O–H groups in total. The van der Waals surface area contributed by atoms with Crippen molar-refractivity contribution >= 4 is 5.91 Å². The van der Waals surface area contributed by atoms with Gasteiger partial charge >= 0.3 is 0 Å². The number of allylic oxidation sites excluding steroid dienone is 2. The summed E-state index contributed by atoms with van der Waals surface area (Å²) < 4.78 is 0. The van der Waals surface area contributed by atoms with Gasteiger partial charge in [0.15, 0.2) is 0 Å². The molecule has 0 aliphatic rings. The smallest absolute Gasteiger partial charge is 0.220 e. The number of carbonyl (C=O) groups excluding carboxylic acids is 1. The zero-order chi connectivity index (χ0) is 16.3. The van der Waals surface area contributed by atoms with Gasteiger partial charge in [0, 0.05) is 5.92 Å². The summed E-state index contributed by atoms with van der Waals surface area (Å²) in [4.78, 5) is 11.0. The first kappa shape index (κ1) is 20.2. The molecule has 0 aliphatic carbocycles. The largest absolute Gasteiger partial charge is 0.390 e. The molecule has 3 heteroatoms. The van der Waals surface area contributed by atoms with Crippen LogP contribution in [0.1, 0.15) is 85.5 Å². The van der Waals surface area contributed by atoms with Crippen LogP contribution in [-0.4, -0.2) is 16.6 Å². The van der Waals surface area contributed by atoms with E-state index in [4.69, 9.17) is 5.73 Å². The van der Waals surface area contributed by atoms with Gasteiger partial charge < -0.3 is 10.8 Å². The maximum absolute atomic E-state index is 11.0. The number of rotatable bonds is 12. The Hall–Kier alpha value is -0.830. The molecule has 0 saturated heterocycles. The minimum Gasteiger partial charge on any atom is -0.390 e. The molecule has 0 aromatic carbocycles. The normalized spacial score (nSPS) is 16.5. The average Bonchev–Trinajstić information content (AvgIpc) is 2.38. The molecule has 0 bridgehead atoms. The predicted molar refractivity (Wildman–Crippen MR) is 90.0 cm³/mol. The molecule has 0 heterocycles. The van der Waals surface area contributed by atoms with Crippen LogP contribution in [0.25, 0.3) is 0 Å². The number of unbranched alkanes of at least 4 members (excludes halogenated alkanes) is 2. The zero-order valence-corrected chi connectivity index (χ0v) is 14.5. The lowest BCUT2D eigenvalue weighted by Crippen LogP contribution is -2.25. The Morgan fingerprint density at radius 1 is 1.29 bits per heavy atom. The van der Waals surface area contributed by atoms with Gasteiger partial charge in [0.2, 0.25) is 5.91 Å². The van der Waals surface area contributed by atoms with E-state index in [0.717, 1.165) is 32.1 Å². The summed E-state index contributed by atoms with van der Waals surface area (Å²) in [5.74, 6) is -0.346. The molecule has 0 rings (SSSR count). The first-order valence-corrected chi connectivity index (χ1v) is 8.46. The summed E-state index contributed by atoms with van der Waals surface area (Å²) in [6.45, 7) is 8.13. The second-order valence-electron chi connectivity index (χ2n) is 6.74. The van der Waals surface area contributed by atoms with Gasteiger partial charge in [-0.05, 0) is 58.8 Å². The molecular weight excluding hydrogens is 262 g/mol. The van der Waals surface area contributed by atoms with Gasteiger partial charge in [-0.1, -0.05) is 38.3 Å². The number of hydrogen-bond donors (Lipinski definition) is 2. The standard InChI is InChI=1S/C18H35NO2/c1-5-6-7-10-15(2)11-8-13-18(4,21)14-9-12-16(3)17(19)20/h11,16,21H,5-10,12-14H2,1-4H3,(H2,19,20)/b15-11+. The molecule has 2 atom stereocenters. The van der Waals surface area contributed by atoms with Gasteiger partial charge in [0.05, 0.1) is 5.60 Å². The van der Waals surface area contributed by atoms with E-state index in [1.165, 1.54) is 31.3 Å². The number of aliphatic hydroxyl groups is 1. The van der Waals surface area contributed by atoms with Crippen molar-refractivity contribution in [3.63, 3.8) is 0 Å². The Kier molecular flexibility index (Phi) is 10.4. The van der Waals surface area contributed by atoms with Crippen LogP contribution in [0, 0.1) is 5.92 Å². The van der Waals surface area contributed by atoms with Crippen LogP contribution in [0.15, 0.2) is 11.6 Å². The fourth-order valence-electron chi connectivity index (χ4n) is 2.44. The van der Waals surface area contributed by atoms with Crippen molar-refractivity contribution in [3.8, 4) is 0 Å². The van der Waals surface area contributed by atoms with Crippen molar-refractivity contribution in [1.29, 1.82) is 0 Å². The molecular formula is C18H35NO2. The summed E-state index contributed by atoms with van der Waals surface area (Å²) in [6.07, 6.45) is 11.3. The molecule has 21 heavy (non-hydrogen) atoms. The number of nitrogens with two attached hydrogens (primary N) is 1. The first-order chi connectivity index (χ1) is 9.78. The van der Waals surface area contributed by atoms with Gasteiger partial charge in [-0.15, -0.1) is 0 Å². The van der Waals surface area contributed by atoms with Crippen molar-refractivity contribution in [1.82, 2.24) is 0 Å². The fraction of sp³-hybridized carbons (Fsp3) is 0.833. The van der Waals surface area contributed by atoms with Crippen molar-refractivity contribution in [2.45, 2.75) is 91.1 Å². The Morgan fingerprint density at radius 2 is 1.95 bits per heavy atom. The van der Waals surface area contributed by atoms with Crippen LogP contribution in [0.5, 0.6) is 0 Å². The van der Waals surface area contributed by atoms with Gasteiger partial charge in [0.25, 0.3) is 0 Å². The maximum atomic E-state index is 11.0. The van der Waals surface area contributed by atoms with Crippen LogP contribution >= 0.6 is 0 Å². The monoisotopic (exact) mass is 297 g/mol. The second-order valence-corrected chi connectivity index (χ2v) is 6.74. The molecule has 0 aromatic heterocycles. The Labute approximate surface area is 131 Å². The third-order valence-corrected chi connectivity index (χ3v) is 4.19. The molecule has 0 radical (unpaired) electrons. The summed E-state index contributed by atoms with van der Waals surface area (Å²) in [6, 6.07) is 0. The second kappa shape index (κ2) is 10.8. The lowest BCUT2D eigenvalue weighted by Gasteiger charge is -2.23. The molecule has 124 valence electrons. The van der Waals surface area contributed by atoms with Crippen LogP contribution in [0.2, 0.25) is 0 Å². The van der Waals surface area contributed by atoms with E-state index >= 15 is 0 Å². The highest BCUT2D eigenvalue weighted by molar-refractivity contribution is 5.76. The average molecular weight is 297 g/mol. The van der Waals surface area contributed by atoms with Crippen molar-refractivity contribution in [2.24, 2.45) is 11.7 Å². The summed E-state index contributed by atoms with van der Waals surface area (Å²) >= 11 is 0. The summed E-state index contributed by atoms with van der Waals surface area (Å²) in [5.41, 5.74) is 6.03. The van der Waals surface area contributed by atoms with Crippen LogP contribution < -0.4 is 5.73 Å². The molecule has 0 spiro atoms. The van der Waals surface area contributed by atoms with E-state index < -0.39 is 5.60 Å². The third kappa shape index (κ3) is 11.5. The maximum Gasteiger partial charge on any atom is 0.220 e. The van der Waals surface area contributed by atoms with E-state index in [2.05, 4.69) is 19.9 Å². The molecule has 0 aliphatic heterocycles. The third-order valence-electron chi connectivity index (χ3n) is 4.19. The van der Waals surface area contributed by atoms with Crippen molar-refractivity contribution in [2.75, 3.05) is 0 Å². The van der Waals surface area contributed by atoms with Crippen molar-refractivity contribution < 1.29 is 9.90 Å². The summed E-state index contributed by atoms with van der Waals surface area (Å²) in [5, 5.41) is 10.3. The van der Waals surface area contributed by atoms with Gasteiger partial charge in [-0.2, -0.15) is 0 Å². The Morgan fingerprint density at radius 3 is 2.52 bits per heavy atom. The van der Waals surface area contributed by atoms with Gasteiger partial charge in [-0.25, -0.2) is 0 Å². The SMILES string of the molecule is CCCCC/C(C)=C/CCC(C)(O)CCCC(C)C(N)=O. The number of carbonyl (C=O) groups is 1. The zero-order valence-electron chi connectivity index (χ0n) is 14.5. The minimum atomic E-state index is -0.641. The van der Waals surface area contributed by atoms with Gasteiger partial charge in [-0.3, -0.25) is 4.79 Å². The quantitative estimate of drug-likeness (QED) is 0.416. The summed E-state index contributed by atoms with van der Waals surface area (Å²) in [7, 11) is 0. The number of primary amides is 1. The number of hydrogen-bond acceptors (Lipinski definition) is 2. The lowest BCUT2D eigenvalue weighted by molar-refractivity contribution is -0.121. The number of amides is 1. The van der Waals surface area contributed by atoms with E-state index in [0.29, 0.717) is 0 Å². The van der Waals surface area contributed by atoms with E-state index in [9.17, 15) is 9.90 Å². The fourth-order valence-corrected chi connectivity index (χ4v) is 2.44. The van der Waals surface area contributed by atoms with E-state index in [-0.39, 0.29) is 11.8 Å². The lowest BCUT2D eigenvalue weighted by atomic mass is 9.91. The molecule has 0 aromatic rings. The van der Waals surface area contributed by atoms with Crippen LogP contribution in [0.3, 0.4) is 0 Å². The molecule has 0 saturated carbocycles. The topological polar surface area (TPSA) is 63.3 Å². The molecule has 0 fully saturated rings. The van der Waals surface area contributed by atoms with Gasteiger partial charge in [0.1, 0.15) is 0 Å². The molecule has 1 amide bonds. The minimum absolute atomic E-state index is 0.0958. The Bertz CT molecular complexity index is 321. The Balaban J connectivity index is 3.90. The predicted octanol–water partition coefficient (Wildman–Crippen LogP) is 4.34. The van der Waals surface area contributed by atoms with E-state index in [1.54, 1.807) is 0 Å². The highest BCUT2D eigenvalue weighted by atomic mass is 16.3. The highest BCUT2D eigenvalue weighted by Crippen LogP contribution is 2.22. The molecule has 2 unspecified atom stereocenters. The van der Waals surface area contributed by atoms with E-state index in [1.807, 2.05) is 13.8 Å². The first-order valence-electron chi connectivity index (χ1n) is 8.46.